The third kappa shape index (κ3) is 3.55. The molecule has 0 radical (unpaired) electrons. The summed E-state index contributed by atoms with van der Waals surface area (Å²) >= 11 is 0. The van der Waals surface area contributed by atoms with Crippen LogP contribution in [0, 0.1) is 0 Å². The maximum atomic E-state index is 2.35. The molecule has 0 aliphatic carbocycles. The molecule has 0 atom stereocenters. The summed E-state index contributed by atoms with van der Waals surface area (Å²) in [6, 6.07) is 32.3. The maximum absolute atomic E-state index is 2.35. The van der Waals surface area contributed by atoms with E-state index >= 15 is 0 Å². The van der Waals surface area contributed by atoms with Gasteiger partial charge in [-0.15, -0.1) is 0 Å². The van der Waals surface area contributed by atoms with Gasteiger partial charge < -0.3 is 4.90 Å². The molecule has 0 N–H and O–H groups in total. The Morgan fingerprint density at radius 2 is 1.05 bits per heavy atom. The van der Waals surface area contributed by atoms with E-state index in [-0.39, 0.29) is 7.92 Å². The molecule has 0 aliphatic rings. The van der Waals surface area contributed by atoms with Crippen LogP contribution in [-0.4, -0.2) is 13.3 Å². The van der Waals surface area contributed by atoms with Crippen LogP contribution in [0.25, 0.3) is 0 Å². The largest absolute Gasteiger partial charge is 0.370 e. The second-order valence-electron chi connectivity index (χ2n) is 5.27. The van der Waals surface area contributed by atoms with Crippen molar-refractivity contribution >= 4 is 24.2 Å². The van der Waals surface area contributed by atoms with Crippen LogP contribution < -0.4 is 15.5 Å². The first-order valence-electron chi connectivity index (χ1n) is 7.48. The Kier molecular flexibility index (Phi) is 4.88. The number of hydrogen-bond acceptors (Lipinski definition) is 1. The molecule has 0 heterocycles. The van der Waals surface area contributed by atoms with Crippen LogP contribution in [0.5, 0.6) is 0 Å². The van der Waals surface area contributed by atoms with E-state index in [1.165, 1.54) is 16.3 Å². The molecule has 22 heavy (non-hydrogen) atoms. The molecule has 3 aromatic carbocycles. The van der Waals surface area contributed by atoms with E-state index in [1.807, 2.05) is 0 Å². The Morgan fingerprint density at radius 3 is 1.50 bits per heavy atom. The topological polar surface area (TPSA) is 3.24 Å². The third-order valence-electron chi connectivity index (χ3n) is 3.69. The van der Waals surface area contributed by atoms with Crippen molar-refractivity contribution in [2.45, 2.75) is 0 Å². The van der Waals surface area contributed by atoms with Gasteiger partial charge in [-0.05, 0) is 30.7 Å². The van der Waals surface area contributed by atoms with Crippen LogP contribution in [0.1, 0.15) is 0 Å². The number of para-hydroxylation sites is 1. The van der Waals surface area contributed by atoms with Gasteiger partial charge in [0.25, 0.3) is 0 Å². The molecule has 0 unspecified atom stereocenters. The van der Waals surface area contributed by atoms with Crippen molar-refractivity contribution < 1.29 is 0 Å². The molecular weight excluding hydrogens is 285 g/mol. The summed E-state index contributed by atoms with van der Waals surface area (Å²) in [4.78, 5) is 2.35. The Morgan fingerprint density at radius 1 is 0.636 bits per heavy atom. The predicted molar refractivity (Wildman–Crippen MR) is 98.8 cm³/mol. The molecule has 1 nitrogen and oxygen atoms in total. The first-order chi connectivity index (χ1) is 10.8. The second-order valence-corrected chi connectivity index (χ2v) is 7.45. The van der Waals surface area contributed by atoms with Crippen molar-refractivity contribution in [3.8, 4) is 0 Å². The van der Waals surface area contributed by atoms with E-state index in [2.05, 4.69) is 103 Å². The summed E-state index contributed by atoms with van der Waals surface area (Å²) in [5.41, 5.74) is 1.27. The molecule has 110 valence electrons. The van der Waals surface area contributed by atoms with Gasteiger partial charge in [0.05, 0.1) is 0 Å². The van der Waals surface area contributed by atoms with Gasteiger partial charge in [-0.3, -0.25) is 0 Å². The highest BCUT2D eigenvalue weighted by molar-refractivity contribution is 7.73. The van der Waals surface area contributed by atoms with Crippen LogP contribution >= 0.6 is 7.92 Å². The lowest BCUT2D eigenvalue weighted by atomic mass is 10.3. The van der Waals surface area contributed by atoms with Gasteiger partial charge in [0.2, 0.25) is 0 Å². The van der Waals surface area contributed by atoms with E-state index in [0.29, 0.717) is 0 Å². The average molecular weight is 305 g/mol. The van der Waals surface area contributed by atoms with Crippen molar-refractivity contribution in [2.24, 2.45) is 0 Å². The Bertz CT molecular complexity index is 643. The second kappa shape index (κ2) is 7.24. The van der Waals surface area contributed by atoms with Crippen LogP contribution in [0.15, 0.2) is 91.0 Å². The highest BCUT2D eigenvalue weighted by Crippen LogP contribution is 2.35. The third-order valence-corrected chi connectivity index (χ3v) is 6.24. The van der Waals surface area contributed by atoms with Gasteiger partial charge in [0.15, 0.2) is 0 Å². The van der Waals surface area contributed by atoms with Crippen molar-refractivity contribution in [2.75, 3.05) is 18.2 Å². The fraction of sp³-hybridized carbons (Fsp3) is 0.100. The quantitative estimate of drug-likeness (QED) is 0.638. The monoisotopic (exact) mass is 305 g/mol. The maximum Gasteiger partial charge on any atom is 0.0455 e. The smallest absolute Gasteiger partial charge is 0.0455 e. The summed E-state index contributed by atoms with van der Waals surface area (Å²) < 4.78 is 0. The normalized spacial score (nSPS) is 10.6. The molecule has 0 bridgehead atoms. The Labute approximate surface area is 134 Å². The molecule has 0 fully saturated rings. The number of anilines is 1. The zero-order chi connectivity index (χ0) is 15.2. The number of rotatable bonds is 5. The van der Waals surface area contributed by atoms with Gasteiger partial charge in [0, 0.05) is 19.0 Å². The summed E-state index contributed by atoms with van der Waals surface area (Å²) in [5, 5.41) is 2.85. The predicted octanol–water partition coefficient (Wildman–Crippen LogP) is 4.21. The molecule has 2 heteroatoms. The van der Waals surface area contributed by atoms with Gasteiger partial charge in [-0.1, -0.05) is 78.9 Å². The van der Waals surface area contributed by atoms with E-state index in [9.17, 15) is 0 Å². The molecular formula is C20H20NP. The molecule has 3 rings (SSSR count). The summed E-state index contributed by atoms with van der Waals surface area (Å²) in [6.07, 6.45) is 1.02. The highest BCUT2D eigenvalue weighted by Gasteiger charge is 2.15. The number of benzene rings is 3. The SMILES string of the molecule is CN(CP(c1ccccc1)c1ccccc1)c1ccccc1. The molecule has 0 saturated heterocycles. The minimum Gasteiger partial charge on any atom is -0.370 e. The number of hydrogen-bond donors (Lipinski definition) is 0. The first-order valence-corrected chi connectivity index (χ1v) is 9.01. The van der Waals surface area contributed by atoms with E-state index in [0.717, 1.165) is 6.29 Å². The van der Waals surface area contributed by atoms with Gasteiger partial charge >= 0.3 is 0 Å². The fourth-order valence-corrected chi connectivity index (χ4v) is 4.78. The van der Waals surface area contributed by atoms with Crippen LogP contribution in [-0.2, 0) is 0 Å². The molecule has 0 aliphatic heterocycles. The number of nitrogens with zero attached hydrogens (tertiary/aromatic N) is 1. The van der Waals surface area contributed by atoms with E-state index in [1.54, 1.807) is 0 Å². The average Bonchev–Trinajstić information content (AvgIpc) is 2.62. The molecule has 0 amide bonds. The zero-order valence-corrected chi connectivity index (χ0v) is 13.7. The van der Waals surface area contributed by atoms with Crippen molar-refractivity contribution in [3.05, 3.63) is 91.0 Å². The molecule has 0 spiro atoms. The molecule has 3 aromatic rings. The summed E-state index contributed by atoms with van der Waals surface area (Å²) in [6.45, 7) is 0. The standard InChI is InChI=1S/C20H20NP/c1-21(18-11-5-2-6-12-18)17-22(19-13-7-3-8-14-19)20-15-9-4-10-16-20/h2-16H,17H2,1H3. The first kappa shape index (κ1) is 14.8. The van der Waals surface area contributed by atoms with Crippen LogP contribution in [0.3, 0.4) is 0 Å². The van der Waals surface area contributed by atoms with Crippen molar-refractivity contribution in [1.29, 1.82) is 0 Å². The Balaban J connectivity index is 1.90. The summed E-state index contributed by atoms with van der Waals surface area (Å²) in [5.74, 6) is 0. The minimum atomic E-state index is -0.388. The zero-order valence-electron chi connectivity index (χ0n) is 12.8. The van der Waals surface area contributed by atoms with Crippen LogP contribution in [0.2, 0.25) is 0 Å². The van der Waals surface area contributed by atoms with E-state index < -0.39 is 0 Å². The Hall–Kier alpha value is -2.11. The van der Waals surface area contributed by atoms with Crippen LogP contribution in [0.4, 0.5) is 5.69 Å². The van der Waals surface area contributed by atoms with Crippen molar-refractivity contribution in [1.82, 2.24) is 0 Å². The van der Waals surface area contributed by atoms with Gasteiger partial charge in [-0.2, -0.15) is 0 Å². The highest BCUT2D eigenvalue weighted by atomic mass is 31.1. The summed E-state index contributed by atoms with van der Waals surface area (Å²) in [7, 11) is 1.79. The lowest BCUT2D eigenvalue weighted by Crippen LogP contribution is -2.25. The lowest BCUT2D eigenvalue weighted by Gasteiger charge is -2.27. The van der Waals surface area contributed by atoms with Gasteiger partial charge in [0.1, 0.15) is 0 Å². The lowest BCUT2D eigenvalue weighted by molar-refractivity contribution is 1.09. The van der Waals surface area contributed by atoms with Crippen molar-refractivity contribution in [3.63, 3.8) is 0 Å². The van der Waals surface area contributed by atoms with Gasteiger partial charge in [-0.25, -0.2) is 0 Å². The minimum absolute atomic E-state index is 0.388. The molecule has 0 aromatic heterocycles. The van der Waals surface area contributed by atoms with E-state index in [4.69, 9.17) is 0 Å². The molecule has 0 saturated carbocycles. The fourth-order valence-electron chi connectivity index (χ4n) is 2.50.